The standard InChI is InChI=1S/C26H33N3O2/c1-20(2)29-17-16-27-26(29)28(3)25(31)23(18-22-12-8-5-9-13-22)19-24(30)15-14-21-10-6-4-7-11-21/h4-13,16-17,20,23-24,30H,14-15,18-19H2,1-3H3. The Kier molecular flexibility index (Phi) is 8.01. The van der Waals surface area contributed by atoms with E-state index in [9.17, 15) is 9.90 Å². The lowest BCUT2D eigenvalue weighted by molar-refractivity contribution is -0.123. The van der Waals surface area contributed by atoms with Gasteiger partial charge in [-0.3, -0.25) is 9.69 Å². The molecule has 0 aliphatic carbocycles. The van der Waals surface area contributed by atoms with Gasteiger partial charge < -0.3 is 9.67 Å². The molecule has 0 radical (unpaired) electrons. The predicted molar refractivity (Wildman–Crippen MR) is 125 cm³/mol. The van der Waals surface area contributed by atoms with Crippen molar-refractivity contribution >= 4 is 11.9 Å². The molecular formula is C26H33N3O2. The van der Waals surface area contributed by atoms with Crippen molar-refractivity contribution in [1.29, 1.82) is 0 Å². The van der Waals surface area contributed by atoms with Crippen LogP contribution in [0.15, 0.2) is 73.1 Å². The zero-order chi connectivity index (χ0) is 22.2. The van der Waals surface area contributed by atoms with Crippen molar-refractivity contribution in [3.8, 4) is 0 Å². The summed E-state index contributed by atoms with van der Waals surface area (Å²) >= 11 is 0. The van der Waals surface area contributed by atoms with Crippen LogP contribution in [-0.2, 0) is 17.6 Å². The lowest BCUT2D eigenvalue weighted by Gasteiger charge is -2.26. The number of nitrogens with zero attached hydrogens (tertiary/aromatic N) is 3. The SMILES string of the molecule is CC(C)n1ccnc1N(C)C(=O)C(Cc1ccccc1)CC(O)CCc1ccccc1. The van der Waals surface area contributed by atoms with Gasteiger partial charge in [-0.15, -0.1) is 0 Å². The van der Waals surface area contributed by atoms with E-state index in [-0.39, 0.29) is 17.9 Å². The maximum atomic E-state index is 13.5. The Balaban J connectivity index is 1.73. The second kappa shape index (κ2) is 10.9. The Morgan fingerprint density at radius 3 is 2.26 bits per heavy atom. The minimum atomic E-state index is -0.545. The number of amides is 1. The highest BCUT2D eigenvalue weighted by atomic mass is 16.3. The Bertz CT molecular complexity index is 938. The maximum Gasteiger partial charge on any atom is 0.232 e. The first-order chi connectivity index (χ1) is 15.0. The zero-order valence-corrected chi connectivity index (χ0v) is 18.7. The average molecular weight is 420 g/mol. The molecule has 0 aliphatic rings. The molecule has 5 nitrogen and oxygen atoms in total. The number of rotatable bonds is 10. The van der Waals surface area contributed by atoms with Gasteiger partial charge >= 0.3 is 0 Å². The minimum absolute atomic E-state index is 0.0179. The molecule has 0 fully saturated rings. The molecule has 0 saturated heterocycles. The summed E-state index contributed by atoms with van der Waals surface area (Å²) < 4.78 is 1.99. The van der Waals surface area contributed by atoms with Crippen molar-refractivity contribution < 1.29 is 9.90 Å². The molecule has 0 saturated carbocycles. The zero-order valence-electron chi connectivity index (χ0n) is 18.7. The number of hydrogen-bond acceptors (Lipinski definition) is 3. The number of aryl methyl sites for hydroxylation is 1. The first kappa shape index (κ1) is 22.8. The van der Waals surface area contributed by atoms with Crippen LogP contribution < -0.4 is 4.90 Å². The van der Waals surface area contributed by atoms with Gasteiger partial charge in [0.1, 0.15) is 0 Å². The van der Waals surface area contributed by atoms with Crippen LogP contribution in [0.3, 0.4) is 0 Å². The molecule has 2 atom stereocenters. The Morgan fingerprint density at radius 2 is 1.65 bits per heavy atom. The molecule has 2 unspecified atom stereocenters. The molecule has 0 spiro atoms. The summed E-state index contributed by atoms with van der Waals surface area (Å²) in [6.07, 6.45) is 5.51. The van der Waals surface area contributed by atoms with Gasteiger partial charge in [-0.25, -0.2) is 4.98 Å². The summed E-state index contributed by atoms with van der Waals surface area (Å²) in [7, 11) is 1.78. The maximum absolute atomic E-state index is 13.5. The van der Waals surface area contributed by atoms with E-state index in [0.29, 0.717) is 25.2 Å². The minimum Gasteiger partial charge on any atom is -0.393 e. The van der Waals surface area contributed by atoms with Crippen LogP contribution in [0.25, 0.3) is 0 Å². The number of aromatic nitrogens is 2. The van der Waals surface area contributed by atoms with Crippen LogP contribution in [0, 0.1) is 5.92 Å². The summed E-state index contributed by atoms with van der Waals surface area (Å²) in [6.45, 7) is 4.14. The average Bonchev–Trinajstić information content (AvgIpc) is 3.28. The third-order valence-corrected chi connectivity index (χ3v) is 5.67. The van der Waals surface area contributed by atoms with Crippen molar-refractivity contribution in [2.75, 3.05) is 11.9 Å². The molecule has 1 N–H and O–H groups in total. The van der Waals surface area contributed by atoms with Gasteiger partial charge in [-0.05, 0) is 50.7 Å². The number of carbonyl (C=O) groups excluding carboxylic acids is 1. The van der Waals surface area contributed by atoms with Crippen molar-refractivity contribution in [2.45, 2.75) is 51.7 Å². The normalized spacial score (nSPS) is 13.2. The van der Waals surface area contributed by atoms with Crippen LogP contribution in [0.5, 0.6) is 0 Å². The fourth-order valence-corrected chi connectivity index (χ4v) is 3.93. The van der Waals surface area contributed by atoms with Crippen molar-refractivity contribution in [3.05, 3.63) is 84.2 Å². The van der Waals surface area contributed by atoms with Crippen molar-refractivity contribution in [3.63, 3.8) is 0 Å². The van der Waals surface area contributed by atoms with Gasteiger partial charge in [0.15, 0.2) is 0 Å². The monoisotopic (exact) mass is 419 g/mol. The van der Waals surface area contributed by atoms with Crippen LogP contribution in [0.1, 0.15) is 43.9 Å². The van der Waals surface area contributed by atoms with Crippen LogP contribution in [0.4, 0.5) is 5.95 Å². The molecular weight excluding hydrogens is 386 g/mol. The number of anilines is 1. The summed E-state index contributed by atoms with van der Waals surface area (Å²) in [5.74, 6) is 0.294. The third kappa shape index (κ3) is 6.28. The summed E-state index contributed by atoms with van der Waals surface area (Å²) in [5, 5.41) is 10.8. The summed E-state index contributed by atoms with van der Waals surface area (Å²) in [5.41, 5.74) is 2.29. The van der Waals surface area contributed by atoms with E-state index in [1.807, 2.05) is 59.3 Å². The molecule has 2 aromatic carbocycles. The largest absolute Gasteiger partial charge is 0.393 e. The molecule has 3 rings (SSSR count). The van der Waals surface area contributed by atoms with Gasteiger partial charge in [0.25, 0.3) is 0 Å². The molecule has 0 aliphatic heterocycles. The first-order valence-corrected chi connectivity index (χ1v) is 11.0. The fraction of sp³-hybridized carbons (Fsp3) is 0.385. The van der Waals surface area contributed by atoms with Crippen LogP contribution >= 0.6 is 0 Å². The lowest BCUT2D eigenvalue weighted by atomic mass is 9.90. The fourth-order valence-electron chi connectivity index (χ4n) is 3.93. The highest BCUT2D eigenvalue weighted by molar-refractivity contribution is 5.93. The number of imidazole rings is 1. The van der Waals surface area contributed by atoms with Gasteiger partial charge in [0.2, 0.25) is 11.9 Å². The Labute approximate surface area is 185 Å². The topological polar surface area (TPSA) is 58.4 Å². The van der Waals surface area contributed by atoms with E-state index in [0.717, 1.165) is 12.0 Å². The third-order valence-electron chi connectivity index (χ3n) is 5.67. The van der Waals surface area contributed by atoms with Crippen LogP contribution in [-0.4, -0.2) is 33.7 Å². The predicted octanol–water partition coefficient (Wildman–Crippen LogP) is 4.67. The van der Waals surface area contributed by atoms with Gasteiger partial charge in [-0.1, -0.05) is 60.7 Å². The van der Waals surface area contributed by atoms with E-state index in [4.69, 9.17) is 0 Å². The number of hydrogen-bond donors (Lipinski definition) is 1. The van der Waals surface area contributed by atoms with Gasteiger partial charge in [-0.2, -0.15) is 0 Å². The lowest BCUT2D eigenvalue weighted by Crippen LogP contribution is -2.37. The first-order valence-electron chi connectivity index (χ1n) is 11.0. The Morgan fingerprint density at radius 1 is 1.03 bits per heavy atom. The number of aliphatic hydroxyl groups excluding tert-OH is 1. The molecule has 3 aromatic rings. The number of aliphatic hydroxyl groups is 1. The quantitative estimate of drug-likeness (QED) is 0.520. The van der Waals surface area contributed by atoms with E-state index in [1.165, 1.54) is 5.56 Å². The molecule has 1 aromatic heterocycles. The smallest absolute Gasteiger partial charge is 0.232 e. The van der Waals surface area contributed by atoms with Crippen molar-refractivity contribution in [2.24, 2.45) is 5.92 Å². The van der Waals surface area contributed by atoms with Gasteiger partial charge in [0, 0.05) is 31.4 Å². The van der Waals surface area contributed by atoms with Crippen molar-refractivity contribution in [1.82, 2.24) is 9.55 Å². The van der Waals surface area contributed by atoms with Gasteiger partial charge in [0.05, 0.1) is 6.10 Å². The molecule has 1 heterocycles. The molecule has 1 amide bonds. The summed E-state index contributed by atoms with van der Waals surface area (Å²) in [4.78, 5) is 19.5. The molecule has 5 heteroatoms. The number of benzene rings is 2. The Hall–Kier alpha value is -2.92. The molecule has 0 bridgehead atoms. The second-order valence-electron chi connectivity index (χ2n) is 8.43. The number of carbonyl (C=O) groups is 1. The highest BCUT2D eigenvalue weighted by Crippen LogP contribution is 2.23. The summed E-state index contributed by atoms with van der Waals surface area (Å²) in [6, 6.07) is 20.4. The van der Waals surface area contributed by atoms with E-state index < -0.39 is 6.10 Å². The molecule has 31 heavy (non-hydrogen) atoms. The van der Waals surface area contributed by atoms with E-state index in [1.54, 1.807) is 18.1 Å². The van der Waals surface area contributed by atoms with E-state index >= 15 is 0 Å². The van der Waals surface area contributed by atoms with E-state index in [2.05, 4.69) is 31.0 Å². The van der Waals surface area contributed by atoms with Crippen LogP contribution in [0.2, 0.25) is 0 Å². The molecule has 164 valence electrons. The highest BCUT2D eigenvalue weighted by Gasteiger charge is 2.28. The second-order valence-corrected chi connectivity index (χ2v) is 8.43.